The first-order valence-corrected chi connectivity index (χ1v) is 11.0. The molecule has 2 aromatic rings. The third-order valence-electron chi connectivity index (χ3n) is 6.72. The van der Waals surface area contributed by atoms with Gasteiger partial charge in [0.1, 0.15) is 17.2 Å². The number of carbonyl (C=O) groups is 2. The lowest BCUT2D eigenvalue weighted by molar-refractivity contribution is -0.209. The van der Waals surface area contributed by atoms with Crippen molar-refractivity contribution in [3.05, 3.63) is 63.9 Å². The van der Waals surface area contributed by atoms with E-state index >= 15 is 0 Å². The Bertz CT molecular complexity index is 1080. The molecule has 0 spiro atoms. The van der Waals surface area contributed by atoms with Crippen LogP contribution in [0.3, 0.4) is 0 Å². The van der Waals surface area contributed by atoms with E-state index in [0.717, 1.165) is 11.6 Å². The van der Waals surface area contributed by atoms with E-state index in [9.17, 15) is 19.1 Å². The van der Waals surface area contributed by atoms with Crippen molar-refractivity contribution in [1.29, 1.82) is 0 Å². The summed E-state index contributed by atoms with van der Waals surface area (Å²) in [7, 11) is 0. The molecule has 1 heterocycles. The molecule has 3 saturated carbocycles. The van der Waals surface area contributed by atoms with Gasteiger partial charge in [-0.05, 0) is 49.1 Å². The van der Waals surface area contributed by atoms with E-state index < -0.39 is 16.8 Å². The normalized spacial score (nSPS) is 26.9. The summed E-state index contributed by atoms with van der Waals surface area (Å²) < 4.78 is 18.8. The molecule has 9 heteroatoms. The molecule has 1 saturated heterocycles. The van der Waals surface area contributed by atoms with Crippen LogP contribution in [0, 0.1) is 11.2 Å². The third kappa shape index (κ3) is 3.52. The predicted molar refractivity (Wildman–Crippen MR) is 116 cm³/mol. The lowest BCUT2D eigenvalue weighted by atomic mass is 9.38. The zero-order valence-corrected chi connectivity index (χ0v) is 18.5. The quantitative estimate of drug-likeness (QED) is 0.667. The van der Waals surface area contributed by atoms with Crippen LogP contribution >= 0.6 is 23.2 Å². The fraction of sp³-hybridized carbons (Fsp3) is 0.391. The van der Waals surface area contributed by atoms with Crippen molar-refractivity contribution < 1.29 is 23.8 Å². The molecule has 0 aromatic heterocycles. The molecule has 4 fully saturated rings. The van der Waals surface area contributed by atoms with Gasteiger partial charge in [-0.2, -0.15) is 0 Å². The molecular formula is C23H21Cl2FN2O4. The molecule has 4 aliphatic rings. The molecule has 2 bridgehead atoms. The summed E-state index contributed by atoms with van der Waals surface area (Å²) in [5.74, 6) is -0.682. The first-order chi connectivity index (χ1) is 15.1. The van der Waals surface area contributed by atoms with E-state index in [1.165, 1.54) is 12.1 Å². The van der Waals surface area contributed by atoms with Gasteiger partial charge in [-0.1, -0.05) is 35.3 Å². The zero-order valence-electron chi connectivity index (χ0n) is 17.0. The molecule has 32 heavy (non-hydrogen) atoms. The largest absolute Gasteiger partial charge is 0.484 e. The second-order valence-corrected chi connectivity index (χ2v) is 10.0. The van der Waals surface area contributed by atoms with Crippen molar-refractivity contribution in [2.75, 3.05) is 19.7 Å². The summed E-state index contributed by atoms with van der Waals surface area (Å²) >= 11 is 11.5. The number of nitrogens with one attached hydrogen (secondary N) is 1. The Morgan fingerprint density at radius 3 is 2.38 bits per heavy atom. The maximum absolute atomic E-state index is 13.5. The number of benzene rings is 2. The highest BCUT2D eigenvalue weighted by Gasteiger charge is 2.73. The third-order valence-corrected chi connectivity index (χ3v) is 7.28. The van der Waals surface area contributed by atoms with Crippen molar-refractivity contribution >= 4 is 35.0 Å². The van der Waals surface area contributed by atoms with Gasteiger partial charge in [0.15, 0.2) is 6.61 Å². The Balaban J connectivity index is 1.09. The van der Waals surface area contributed by atoms with Gasteiger partial charge in [0.05, 0.1) is 23.5 Å². The number of carbonyl (C=O) groups excluding carboxylic acids is 2. The first-order valence-electron chi connectivity index (χ1n) is 10.3. The second kappa shape index (κ2) is 7.33. The Morgan fingerprint density at radius 2 is 1.75 bits per heavy atom. The number of nitrogens with zero attached hydrogens (tertiary/aromatic N) is 1. The molecule has 2 aromatic carbocycles. The summed E-state index contributed by atoms with van der Waals surface area (Å²) in [6.07, 6.45) is 1.74. The summed E-state index contributed by atoms with van der Waals surface area (Å²) in [6, 6.07) is 11.0. The SMILES string of the molecule is O=C(COc1ccc(Cl)c(F)c1)NC12CC(C(=O)N3CC(O)(c4ccc(Cl)cc4)C3)(C1)C2. The number of likely N-dealkylation sites (tertiary alicyclic amines) is 1. The Morgan fingerprint density at radius 1 is 1.09 bits per heavy atom. The highest BCUT2D eigenvalue weighted by atomic mass is 35.5. The first kappa shape index (κ1) is 21.5. The lowest BCUT2D eigenvalue weighted by Crippen LogP contribution is -2.80. The van der Waals surface area contributed by atoms with Gasteiger partial charge in [0.25, 0.3) is 5.91 Å². The second-order valence-electron chi connectivity index (χ2n) is 9.20. The maximum Gasteiger partial charge on any atom is 0.258 e. The fourth-order valence-electron chi connectivity index (χ4n) is 5.20. The number of aliphatic hydroxyl groups is 1. The number of ether oxygens (including phenoxy) is 1. The zero-order chi connectivity index (χ0) is 22.7. The average Bonchev–Trinajstić information content (AvgIpc) is 2.68. The van der Waals surface area contributed by atoms with Gasteiger partial charge in [-0.25, -0.2) is 4.39 Å². The Hall–Kier alpha value is -2.35. The number of β-amino-alcohol motifs (C(OH)–C–C–N with tert-alkyl or cyclic N) is 1. The van der Waals surface area contributed by atoms with E-state index in [1.807, 2.05) is 0 Å². The van der Waals surface area contributed by atoms with Crippen molar-refractivity contribution in [2.24, 2.45) is 5.41 Å². The summed E-state index contributed by atoms with van der Waals surface area (Å²) in [4.78, 5) is 26.9. The minimum Gasteiger partial charge on any atom is -0.484 e. The van der Waals surface area contributed by atoms with Crippen LogP contribution in [0.1, 0.15) is 24.8 Å². The molecular weight excluding hydrogens is 458 g/mol. The van der Waals surface area contributed by atoms with Gasteiger partial charge in [0.2, 0.25) is 5.91 Å². The van der Waals surface area contributed by atoms with Crippen molar-refractivity contribution in [3.8, 4) is 5.75 Å². The molecule has 2 N–H and O–H groups in total. The fourth-order valence-corrected chi connectivity index (χ4v) is 5.45. The van der Waals surface area contributed by atoms with Gasteiger partial charge >= 0.3 is 0 Å². The van der Waals surface area contributed by atoms with Crippen LogP contribution in [0.2, 0.25) is 10.0 Å². The number of rotatable bonds is 6. The molecule has 1 aliphatic heterocycles. The molecule has 0 radical (unpaired) electrons. The van der Waals surface area contributed by atoms with Gasteiger partial charge < -0.3 is 20.1 Å². The van der Waals surface area contributed by atoms with Crippen LogP contribution in [-0.2, 0) is 15.2 Å². The van der Waals surface area contributed by atoms with Gasteiger partial charge in [0, 0.05) is 16.6 Å². The molecule has 3 aliphatic carbocycles. The molecule has 168 valence electrons. The molecule has 0 unspecified atom stereocenters. The number of halogens is 3. The Labute approximate surface area is 194 Å². The van der Waals surface area contributed by atoms with Gasteiger partial charge in [-0.15, -0.1) is 0 Å². The highest BCUT2D eigenvalue weighted by molar-refractivity contribution is 6.30. The van der Waals surface area contributed by atoms with Crippen LogP contribution in [0.15, 0.2) is 42.5 Å². The van der Waals surface area contributed by atoms with E-state index in [0.29, 0.717) is 24.3 Å². The summed E-state index contributed by atoms with van der Waals surface area (Å²) in [5.41, 5.74) is -1.13. The monoisotopic (exact) mass is 478 g/mol. The van der Waals surface area contributed by atoms with Crippen molar-refractivity contribution in [2.45, 2.75) is 30.4 Å². The number of amides is 2. The van der Waals surface area contributed by atoms with Crippen molar-refractivity contribution in [1.82, 2.24) is 10.2 Å². The van der Waals surface area contributed by atoms with Gasteiger partial charge in [-0.3, -0.25) is 9.59 Å². The number of hydrogen-bond acceptors (Lipinski definition) is 4. The molecule has 2 amide bonds. The smallest absolute Gasteiger partial charge is 0.258 e. The number of hydrogen-bond donors (Lipinski definition) is 2. The van der Waals surface area contributed by atoms with E-state index in [2.05, 4.69) is 5.32 Å². The van der Waals surface area contributed by atoms with Crippen molar-refractivity contribution in [3.63, 3.8) is 0 Å². The summed E-state index contributed by atoms with van der Waals surface area (Å²) in [5, 5.41) is 14.3. The minimum atomic E-state index is -1.05. The van der Waals surface area contributed by atoms with Crippen LogP contribution < -0.4 is 10.1 Å². The van der Waals surface area contributed by atoms with Crippen LogP contribution in [-0.4, -0.2) is 47.1 Å². The minimum absolute atomic E-state index is 0.0144. The summed E-state index contributed by atoms with van der Waals surface area (Å²) in [6.45, 7) is 0.254. The highest BCUT2D eigenvalue weighted by Crippen LogP contribution is 2.68. The maximum atomic E-state index is 13.5. The topological polar surface area (TPSA) is 78.9 Å². The van der Waals surface area contributed by atoms with Crippen LogP contribution in [0.4, 0.5) is 4.39 Å². The van der Waals surface area contributed by atoms with Crippen LogP contribution in [0.5, 0.6) is 5.75 Å². The lowest BCUT2D eigenvalue weighted by Gasteiger charge is -2.70. The van der Waals surface area contributed by atoms with E-state index in [1.54, 1.807) is 29.2 Å². The van der Waals surface area contributed by atoms with Crippen LogP contribution in [0.25, 0.3) is 0 Å². The van der Waals surface area contributed by atoms with E-state index in [4.69, 9.17) is 27.9 Å². The van der Waals surface area contributed by atoms with E-state index in [-0.39, 0.29) is 47.8 Å². The molecule has 6 nitrogen and oxygen atoms in total. The predicted octanol–water partition coefficient (Wildman–Crippen LogP) is 3.28. The standard InChI is InChI=1S/C23H21Cl2FN2O4/c24-15-3-1-14(2-4-15)23(31)12-28(13-23)20(30)21-9-22(10-21,11-21)27-19(29)8-32-16-5-6-17(25)18(26)7-16/h1-7,31H,8-13H2,(H,27,29). The molecule has 6 rings (SSSR count). The molecule has 0 atom stereocenters. The Kier molecular flexibility index (Phi) is 4.93. The average molecular weight is 479 g/mol.